The summed E-state index contributed by atoms with van der Waals surface area (Å²) in [4.78, 5) is 19.4. The summed E-state index contributed by atoms with van der Waals surface area (Å²) in [6, 6.07) is 0. The van der Waals surface area contributed by atoms with Crippen LogP contribution in [0.3, 0.4) is 0 Å². The van der Waals surface area contributed by atoms with E-state index < -0.39 is 0 Å². The zero-order valence-electron chi connectivity index (χ0n) is 14.7. The Morgan fingerprint density at radius 3 is 2.65 bits per heavy atom. The highest BCUT2D eigenvalue weighted by Gasteiger charge is 2.19. The van der Waals surface area contributed by atoms with Crippen LogP contribution in [0, 0.1) is 0 Å². The third-order valence-corrected chi connectivity index (χ3v) is 3.25. The molecule has 0 fully saturated rings. The minimum Gasteiger partial charge on any atom is -0.469 e. The Bertz CT molecular complexity index is 518. The molecule has 1 heterocycles. The average molecular weight is 324 g/mol. The highest BCUT2D eigenvalue weighted by atomic mass is 16.5. The van der Waals surface area contributed by atoms with E-state index in [9.17, 15) is 4.79 Å². The first-order chi connectivity index (χ1) is 10.9. The first-order valence-corrected chi connectivity index (χ1v) is 7.83. The van der Waals surface area contributed by atoms with Crippen molar-refractivity contribution in [2.75, 3.05) is 20.7 Å². The Morgan fingerprint density at radius 1 is 1.35 bits per heavy atom. The van der Waals surface area contributed by atoms with Crippen molar-refractivity contribution in [3.8, 4) is 0 Å². The summed E-state index contributed by atoms with van der Waals surface area (Å²) in [7, 11) is 3.11. The van der Waals surface area contributed by atoms with Crippen molar-refractivity contribution < 1.29 is 13.9 Å². The quantitative estimate of drug-likeness (QED) is 0.345. The second-order valence-corrected chi connectivity index (χ2v) is 6.25. The molecular formula is C16H28N4O3. The van der Waals surface area contributed by atoms with E-state index in [0.717, 1.165) is 25.1 Å². The number of nitrogens with one attached hydrogen (secondary N) is 2. The molecule has 0 bridgehead atoms. The predicted octanol–water partition coefficient (Wildman–Crippen LogP) is 1.98. The molecule has 0 aliphatic rings. The van der Waals surface area contributed by atoms with Crippen molar-refractivity contribution >= 4 is 11.9 Å². The number of oxazole rings is 1. The minimum absolute atomic E-state index is 0.0508. The number of guanidine groups is 1. The van der Waals surface area contributed by atoms with Gasteiger partial charge in [-0.3, -0.25) is 9.79 Å². The predicted molar refractivity (Wildman–Crippen MR) is 89.3 cm³/mol. The maximum atomic E-state index is 11.0. The smallest absolute Gasteiger partial charge is 0.305 e. The van der Waals surface area contributed by atoms with Gasteiger partial charge in [-0.1, -0.05) is 20.8 Å². The van der Waals surface area contributed by atoms with Gasteiger partial charge in [0.15, 0.2) is 5.96 Å². The molecule has 0 spiro atoms. The van der Waals surface area contributed by atoms with Gasteiger partial charge < -0.3 is 19.8 Å². The molecule has 130 valence electrons. The summed E-state index contributed by atoms with van der Waals surface area (Å²) in [6.45, 7) is 7.45. The molecule has 0 atom stereocenters. The second kappa shape index (κ2) is 9.17. The first-order valence-electron chi connectivity index (χ1n) is 7.83. The van der Waals surface area contributed by atoms with Gasteiger partial charge in [0, 0.05) is 25.4 Å². The van der Waals surface area contributed by atoms with Crippen LogP contribution in [0.25, 0.3) is 0 Å². The maximum absolute atomic E-state index is 11.0. The lowest BCUT2D eigenvalue weighted by Gasteiger charge is -2.13. The molecule has 7 nitrogen and oxygen atoms in total. The zero-order valence-corrected chi connectivity index (χ0v) is 14.7. The molecule has 7 heteroatoms. The van der Waals surface area contributed by atoms with Gasteiger partial charge in [-0.2, -0.15) is 0 Å². The molecule has 2 N–H and O–H groups in total. The lowest BCUT2D eigenvalue weighted by molar-refractivity contribution is -0.140. The van der Waals surface area contributed by atoms with Gasteiger partial charge in [-0.05, 0) is 12.8 Å². The lowest BCUT2D eigenvalue weighted by atomic mass is 9.94. The normalized spacial score (nSPS) is 12.1. The largest absolute Gasteiger partial charge is 0.469 e. The number of aliphatic imine (C=N–C) groups is 1. The third-order valence-electron chi connectivity index (χ3n) is 3.25. The number of unbranched alkanes of at least 4 members (excludes halogenated alkanes) is 1. The number of hydrogen-bond acceptors (Lipinski definition) is 5. The maximum Gasteiger partial charge on any atom is 0.305 e. The molecule has 0 saturated heterocycles. The molecular weight excluding hydrogens is 296 g/mol. The van der Waals surface area contributed by atoms with Gasteiger partial charge in [0.25, 0.3) is 0 Å². The highest BCUT2D eigenvalue weighted by molar-refractivity contribution is 5.79. The number of methoxy groups -OCH3 is 1. The molecule has 0 saturated carbocycles. The van der Waals surface area contributed by atoms with E-state index in [1.54, 1.807) is 13.2 Å². The number of ether oxygens (including phenoxy) is 1. The summed E-state index contributed by atoms with van der Waals surface area (Å²) in [5, 5.41) is 6.34. The molecule has 0 amide bonds. The second-order valence-electron chi connectivity index (χ2n) is 6.25. The third kappa shape index (κ3) is 7.17. The Morgan fingerprint density at radius 2 is 2.09 bits per heavy atom. The number of esters is 1. The highest BCUT2D eigenvalue weighted by Crippen LogP contribution is 2.22. The molecule has 23 heavy (non-hydrogen) atoms. The number of aromatic nitrogens is 1. The Labute approximate surface area is 137 Å². The molecule has 0 radical (unpaired) electrons. The van der Waals surface area contributed by atoms with Crippen LogP contribution in [-0.2, 0) is 21.5 Å². The lowest BCUT2D eigenvalue weighted by Crippen LogP contribution is -2.37. The van der Waals surface area contributed by atoms with Gasteiger partial charge in [0.1, 0.15) is 5.76 Å². The van der Waals surface area contributed by atoms with E-state index in [-0.39, 0.29) is 11.4 Å². The van der Waals surface area contributed by atoms with Crippen LogP contribution >= 0.6 is 0 Å². The number of rotatable bonds is 7. The van der Waals surface area contributed by atoms with Gasteiger partial charge >= 0.3 is 5.97 Å². The van der Waals surface area contributed by atoms with Crippen LogP contribution in [0.4, 0.5) is 0 Å². The number of nitrogens with zero attached hydrogens (tertiary/aromatic N) is 2. The number of carbonyl (C=O) groups is 1. The summed E-state index contributed by atoms with van der Waals surface area (Å²) in [5.41, 5.74) is -0.0508. The fourth-order valence-electron chi connectivity index (χ4n) is 1.82. The summed E-state index contributed by atoms with van der Waals surface area (Å²) >= 11 is 0. The van der Waals surface area contributed by atoms with Crippen molar-refractivity contribution in [3.63, 3.8) is 0 Å². The van der Waals surface area contributed by atoms with Crippen LogP contribution in [0.1, 0.15) is 51.7 Å². The Hall–Kier alpha value is -2.05. The molecule has 0 unspecified atom stereocenters. The van der Waals surface area contributed by atoms with E-state index in [4.69, 9.17) is 4.42 Å². The van der Waals surface area contributed by atoms with Crippen LogP contribution in [0.5, 0.6) is 0 Å². The summed E-state index contributed by atoms with van der Waals surface area (Å²) < 4.78 is 10.3. The number of carbonyl (C=O) groups excluding carboxylic acids is 1. The fourth-order valence-corrected chi connectivity index (χ4v) is 1.82. The van der Waals surface area contributed by atoms with E-state index in [2.05, 4.69) is 46.1 Å². The minimum atomic E-state index is -0.175. The van der Waals surface area contributed by atoms with Crippen molar-refractivity contribution in [2.24, 2.45) is 4.99 Å². The van der Waals surface area contributed by atoms with Gasteiger partial charge in [-0.25, -0.2) is 4.98 Å². The molecule has 1 aromatic heterocycles. The van der Waals surface area contributed by atoms with E-state index in [0.29, 0.717) is 24.8 Å². The van der Waals surface area contributed by atoms with Crippen LogP contribution < -0.4 is 10.6 Å². The molecule has 0 aliphatic heterocycles. The van der Waals surface area contributed by atoms with Crippen molar-refractivity contribution in [1.82, 2.24) is 15.6 Å². The fraction of sp³-hybridized carbons (Fsp3) is 0.688. The average Bonchev–Trinajstić information content (AvgIpc) is 2.98. The Kier molecular flexibility index (Phi) is 7.57. The molecule has 0 aliphatic carbocycles. The van der Waals surface area contributed by atoms with Crippen molar-refractivity contribution in [1.29, 1.82) is 0 Å². The monoisotopic (exact) mass is 324 g/mol. The van der Waals surface area contributed by atoms with Crippen LogP contribution in [-0.4, -0.2) is 37.6 Å². The Balaban J connectivity index is 2.29. The van der Waals surface area contributed by atoms with Crippen LogP contribution in [0.15, 0.2) is 15.6 Å². The standard InChI is InChI=1S/C16H28N4O3/c1-16(2,3)12-10-19-13(23-12)11-20-15(17-4)18-9-7-6-8-14(21)22-5/h10H,6-9,11H2,1-5H3,(H2,17,18,20). The van der Waals surface area contributed by atoms with E-state index >= 15 is 0 Å². The molecule has 0 aromatic carbocycles. The van der Waals surface area contributed by atoms with Gasteiger partial charge in [-0.15, -0.1) is 0 Å². The van der Waals surface area contributed by atoms with Crippen molar-refractivity contribution in [3.05, 3.63) is 17.8 Å². The first kappa shape index (κ1) is 19.0. The summed E-state index contributed by atoms with van der Waals surface area (Å²) in [6.07, 6.45) is 3.85. The number of hydrogen-bond donors (Lipinski definition) is 2. The van der Waals surface area contributed by atoms with E-state index in [1.165, 1.54) is 7.11 Å². The van der Waals surface area contributed by atoms with Gasteiger partial charge in [0.2, 0.25) is 5.89 Å². The SMILES string of the molecule is CN=C(NCCCCC(=O)OC)NCc1ncc(C(C)(C)C)o1. The van der Waals surface area contributed by atoms with Crippen molar-refractivity contribution in [2.45, 2.75) is 52.0 Å². The zero-order chi connectivity index (χ0) is 17.3. The molecule has 1 aromatic rings. The van der Waals surface area contributed by atoms with Gasteiger partial charge in [0.05, 0.1) is 19.9 Å². The topological polar surface area (TPSA) is 88.8 Å². The molecule has 1 rings (SSSR count). The van der Waals surface area contributed by atoms with E-state index in [1.807, 2.05) is 0 Å². The summed E-state index contributed by atoms with van der Waals surface area (Å²) in [5.74, 6) is 1.99. The van der Waals surface area contributed by atoms with Crippen LogP contribution in [0.2, 0.25) is 0 Å².